The molecule has 1 atom stereocenters. The molecule has 1 rings (SSSR count). The first-order chi connectivity index (χ1) is 4.33. The van der Waals surface area contributed by atoms with E-state index < -0.39 is 0 Å². The largest absolute Gasteiger partial charge is 0.329 e. The van der Waals surface area contributed by atoms with E-state index in [2.05, 4.69) is 6.92 Å². The molecule has 0 bridgehead atoms. The monoisotopic (exact) mass is 164 g/mol. The lowest BCUT2D eigenvalue weighted by molar-refractivity contribution is 0.568. The molecular formula is C6H12OS2. The predicted molar refractivity (Wildman–Crippen MR) is 45.2 cm³/mol. The summed E-state index contributed by atoms with van der Waals surface area (Å²) in [4.78, 5) is 0. The van der Waals surface area contributed by atoms with Crippen LogP contribution in [0.3, 0.4) is 0 Å². The van der Waals surface area contributed by atoms with Crippen LogP contribution in [-0.2, 0) is 0 Å². The van der Waals surface area contributed by atoms with Gasteiger partial charge in [-0.25, -0.2) is 0 Å². The average molecular weight is 164 g/mol. The van der Waals surface area contributed by atoms with Gasteiger partial charge in [-0.1, -0.05) is 6.92 Å². The SMILES string of the molecule is CCC1(SO)CCSC1. The molecule has 1 aliphatic heterocycles. The van der Waals surface area contributed by atoms with E-state index in [1.165, 1.54) is 12.2 Å². The molecule has 9 heavy (non-hydrogen) atoms. The first-order valence-corrected chi connectivity index (χ1v) is 5.16. The van der Waals surface area contributed by atoms with Crippen molar-refractivity contribution in [3.63, 3.8) is 0 Å². The predicted octanol–water partition coefficient (Wildman–Crippen LogP) is 2.48. The summed E-state index contributed by atoms with van der Waals surface area (Å²) >= 11 is 3.01. The average Bonchev–Trinajstić information content (AvgIpc) is 2.36. The summed E-state index contributed by atoms with van der Waals surface area (Å²) < 4.78 is 9.13. The number of rotatable bonds is 2. The molecule has 54 valence electrons. The van der Waals surface area contributed by atoms with E-state index in [9.17, 15) is 0 Å². The summed E-state index contributed by atoms with van der Waals surface area (Å²) in [7, 11) is 0. The fraction of sp³-hybridized carbons (Fsp3) is 1.00. The Morgan fingerprint density at radius 2 is 2.56 bits per heavy atom. The Bertz CT molecular complexity index is 83.1. The molecular weight excluding hydrogens is 152 g/mol. The van der Waals surface area contributed by atoms with Crippen LogP contribution in [-0.4, -0.2) is 20.8 Å². The standard InChI is InChI=1S/C6H12OS2/c1-2-6(9-7)3-4-8-5-6/h7H,2-5H2,1H3. The minimum absolute atomic E-state index is 0.213. The number of hydrogen-bond donors (Lipinski definition) is 1. The molecule has 3 heteroatoms. The molecule has 1 heterocycles. The second kappa shape index (κ2) is 3.17. The molecule has 0 spiro atoms. The fourth-order valence-corrected chi connectivity index (χ4v) is 3.32. The Morgan fingerprint density at radius 1 is 1.78 bits per heavy atom. The van der Waals surface area contributed by atoms with Gasteiger partial charge in [-0.05, 0) is 30.6 Å². The summed E-state index contributed by atoms with van der Waals surface area (Å²) in [5, 5.41) is 0. The molecule has 1 aliphatic rings. The molecule has 1 N–H and O–H groups in total. The van der Waals surface area contributed by atoms with Crippen LogP contribution in [0.1, 0.15) is 19.8 Å². The third-order valence-corrected chi connectivity index (χ3v) is 4.36. The lowest BCUT2D eigenvalue weighted by Gasteiger charge is -2.20. The Balaban J connectivity index is 2.45. The maximum absolute atomic E-state index is 8.92. The van der Waals surface area contributed by atoms with Gasteiger partial charge in [0.05, 0.1) is 4.75 Å². The molecule has 1 nitrogen and oxygen atoms in total. The van der Waals surface area contributed by atoms with Crippen molar-refractivity contribution in [3.05, 3.63) is 0 Å². The van der Waals surface area contributed by atoms with Gasteiger partial charge in [-0.2, -0.15) is 11.8 Å². The van der Waals surface area contributed by atoms with Crippen LogP contribution in [0.2, 0.25) is 0 Å². The summed E-state index contributed by atoms with van der Waals surface area (Å²) in [5.74, 6) is 2.35. The zero-order chi connectivity index (χ0) is 6.74. The Kier molecular flexibility index (Phi) is 2.73. The maximum Gasteiger partial charge on any atom is 0.0515 e. The molecule has 1 unspecified atom stereocenters. The lowest BCUT2D eigenvalue weighted by Crippen LogP contribution is -2.21. The zero-order valence-electron chi connectivity index (χ0n) is 5.59. The highest BCUT2D eigenvalue weighted by Crippen LogP contribution is 2.40. The van der Waals surface area contributed by atoms with Crippen molar-refractivity contribution >= 4 is 23.8 Å². The quantitative estimate of drug-likeness (QED) is 0.633. The third kappa shape index (κ3) is 1.57. The molecule has 1 fully saturated rings. The van der Waals surface area contributed by atoms with Gasteiger partial charge in [0.15, 0.2) is 0 Å². The van der Waals surface area contributed by atoms with Gasteiger partial charge < -0.3 is 4.55 Å². The van der Waals surface area contributed by atoms with Gasteiger partial charge in [-0.15, -0.1) is 0 Å². The van der Waals surface area contributed by atoms with Crippen molar-refractivity contribution in [1.82, 2.24) is 0 Å². The normalized spacial score (nSPS) is 35.3. The Labute approximate surface area is 64.8 Å². The fourth-order valence-electron chi connectivity index (χ4n) is 1.00. The second-order valence-corrected chi connectivity index (χ2v) is 4.58. The third-order valence-electron chi connectivity index (χ3n) is 1.91. The van der Waals surface area contributed by atoms with Gasteiger partial charge in [0.25, 0.3) is 0 Å². The van der Waals surface area contributed by atoms with Gasteiger partial charge in [-0.3, -0.25) is 0 Å². The van der Waals surface area contributed by atoms with Crippen molar-refractivity contribution in [2.45, 2.75) is 24.5 Å². The van der Waals surface area contributed by atoms with E-state index in [0.29, 0.717) is 0 Å². The molecule has 0 aromatic heterocycles. The van der Waals surface area contributed by atoms with Crippen LogP contribution >= 0.6 is 23.8 Å². The zero-order valence-corrected chi connectivity index (χ0v) is 7.23. The maximum atomic E-state index is 8.92. The van der Waals surface area contributed by atoms with Gasteiger partial charge in [0.2, 0.25) is 0 Å². The summed E-state index contributed by atoms with van der Waals surface area (Å²) in [6, 6.07) is 0. The highest BCUT2D eigenvalue weighted by atomic mass is 32.2. The minimum atomic E-state index is 0.213. The molecule has 0 aromatic carbocycles. The van der Waals surface area contributed by atoms with Gasteiger partial charge in [0, 0.05) is 5.75 Å². The summed E-state index contributed by atoms with van der Waals surface area (Å²) in [5.41, 5.74) is 0. The molecule has 0 aliphatic carbocycles. The van der Waals surface area contributed by atoms with E-state index in [1.807, 2.05) is 11.8 Å². The van der Waals surface area contributed by atoms with Crippen LogP contribution in [0, 0.1) is 0 Å². The van der Waals surface area contributed by atoms with Crippen LogP contribution < -0.4 is 0 Å². The van der Waals surface area contributed by atoms with Crippen LogP contribution in [0.25, 0.3) is 0 Å². The smallest absolute Gasteiger partial charge is 0.0515 e. The molecule has 0 aromatic rings. The lowest BCUT2D eigenvalue weighted by atomic mass is 10.1. The Morgan fingerprint density at radius 3 is 2.78 bits per heavy atom. The molecule has 0 saturated carbocycles. The van der Waals surface area contributed by atoms with Crippen molar-refractivity contribution in [2.24, 2.45) is 0 Å². The van der Waals surface area contributed by atoms with E-state index >= 15 is 0 Å². The van der Waals surface area contributed by atoms with E-state index in [4.69, 9.17) is 4.55 Å². The van der Waals surface area contributed by atoms with Crippen molar-refractivity contribution < 1.29 is 4.55 Å². The van der Waals surface area contributed by atoms with Crippen molar-refractivity contribution in [2.75, 3.05) is 11.5 Å². The van der Waals surface area contributed by atoms with E-state index in [0.717, 1.165) is 24.2 Å². The molecule has 1 saturated heterocycles. The first kappa shape index (κ1) is 7.76. The highest BCUT2D eigenvalue weighted by molar-refractivity contribution is 8.02. The summed E-state index contributed by atoms with van der Waals surface area (Å²) in [6.07, 6.45) is 2.27. The minimum Gasteiger partial charge on any atom is -0.329 e. The van der Waals surface area contributed by atoms with Crippen LogP contribution in [0.5, 0.6) is 0 Å². The topological polar surface area (TPSA) is 20.2 Å². The highest BCUT2D eigenvalue weighted by Gasteiger charge is 2.32. The van der Waals surface area contributed by atoms with Gasteiger partial charge >= 0.3 is 0 Å². The Hall–Kier alpha value is 0.660. The van der Waals surface area contributed by atoms with Crippen LogP contribution in [0.15, 0.2) is 0 Å². The molecule has 0 radical (unpaired) electrons. The second-order valence-electron chi connectivity index (χ2n) is 2.43. The van der Waals surface area contributed by atoms with E-state index in [1.54, 1.807) is 0 Å². The number of hydrogen-bond acceptors (Lipinski definition) is 3. The summed E-state index contributed by atoms with van der Waals surface area (Å²) in [6.45, 7) is 2.15. The van der Waals surface area contributed by atoms with Crippen molar-refractivity contribution in [1.29, 1.82) is 0 Å². The van der Waals surface area contributed by atoms with E-state index in [-0.39, 0.29) is 4.75 Å². The first-order valence-electron chi connectivity index (χ1n) is 3.23. The van der Waals surface area contributed by atoms with Crippen molar-refractivity contribution in [3.8, 4) is 0 Å². The molecule has 0 amide bonds. The van der Waals surface area contributed by atoms with Gasteiger partial charge in [0.1, 0.15) is 0 Å². The number of thioether (sulfide) groups is 1. The van der Waals surface area contributed by atoms with Crippen LogP contribution in [0.4, 0.5) is 0 Å².